The predicted molar refractivity (Wildman–Crippen MR) is 70.5 cm³/mol. The van der Waals surface area contributed by atoms with Crippen LogP contribution >= 0.6 is 22.9 Å². The average molecular weight is 265 g/mol. The second-order valence-corrected chi connectivity index (χ2v) is 4.92. The lowest BCUT2D eigenvalue weighted by Gasteiger charge is -1.85. The van der Waals surface area contributed by atoms with E-state index in [-0.39, 0.29) is 5.78 Å². The summed E-state index contributed by atoms with van der Waals surface area (Å²) < 4.78 is 5.73. The largest absolute Gasteiger partial charge is 0.465 e. The van der Waals surface area contributed by atoms with Crippen molar-refractivity contribution in [3.8, 4) is 0 Å². The van der Waals surface area contributed by atoms with Gasteiger partial charge in [0.1, 0.15) is 5.76 Å². The van der Waals surface area contributed by atoms with Gasteiger partial charge in [-0.3, -0.25) is 4.79 Å². The number of furan rings is 1. The van der Waals surface area contributed by atoms with Crippen molar-refractivity contribution in [2.75, 3.05) is 0 Å². The van der Waals surface area contributed by atoms with Gasteiger partial charge in [0.15, 0.2) is 5.78 Å². The molecule has 0 bridgehead atoms. The van der Waals surface area contributed by atoms with Gasteiger partial charge in [0.05, 0.1) is 15.5 Å². The van der Waals surface area contributed by atoms with Crippen LogP contribution in [0.2, 0.25) is 4.34 Å². The maximum Gasteiger partial charge on any atom is 0.195 e. The molecular formula is C13H9ClO2S. The van der Waals surface area contributed by atoms with Gasteiger partial charge >= 0.3 is 0 Å². The van der Waals surface area contributed by atoms with E-state index in [1.807, 2.05) is 12.1 Å². The highest BCUT2D eigenvalue weighted by Crippen LogP contribution is 2.21. The number of allylic oxidation sites excluding steroid dienone is 3. The lowest BCUT2D eigenvalue weighted by molar-refractivity contribution is 0.105. The van der Waals surface area contributed by atoms with E-state index in [9.17, 15) is 4.79 Å². The number of halogens is 1. The first-order chi connectivity index (χ1) is 8.25. The van der Waals surface area contributed by atoms with E-state index in [1.54, 1.807) is 36.6 Å². The Labute approximate surface area is 108 Å². The molecule has 0 aliphatic carbocycles. The fraction of sp³-hybridized carbons (Fsp3) is 0. The molecule has 2 rings (SSSR count). The van der Waals surface area contributed by atoms with E-state index in [4.69, 9.17) is 16.0 Å². The van der Waals surface area contributed by atoms with Crippen molar-refractivity contribution in [2.24, 2.45) is 0 Å². The monoisotopic (exact) mass is 264 g/mol. The van der Waals surface area contributed by atoms with Gasteiger partial charge in [-0.25, -0.2) is 0 Å². The highest BCUT2D eigenvalue weighted by Gasteiger charge is 2.03. The van der Waals surface area contributed by atoms with E-state index in [0.717, 1.165) is 5.76 Å². The lowest BCUT2D eigenvalue weighted by atomic mass is 10.3. The molecule has 0 aliphatic heterocycles. The smallest absolute Gasteiger partial charge is 0.195 e. The normalized spacial score (nSPS) is 11.6. The fourth-order valence-electron chi connectivity index (χ4n) is 1.21. The van der Waals surface area contributed by atoms with Gasteiger partial charge in [-0.15, -0.1) is 11.3 Å². The van der Waals surface area contributed by atoms with Crippen LogP contribution in [0.1, 0.15) is 15.4 Å². The molecule has 17 heavy (non-hydrogen) atoms. The Kier molecular flexibility index (Phi) is 3.96. The third kappa shape index (κ3) is 3.44. The number of thiophene rings is 1. The molecule has 2 heterocycles. The van der Waals surface area contributed by atoms with E-state index >= 15 is 0 Å². The van der Waals surface area contributed by atoms with Gasteiger partial charge < -0.3 is 4.42 Å². The number of carbonyl (C=O) groups is 1. The third-order valence-corrected chi connectivity index (χ3v) is 3.22. The molecule has 86 valence electrons. The van der Waals surface area contributed by atoms with Crippen LogP contribution in [0.5, 0.6) is 0 Å². The summed E-state index contributed by atoms with van der Waals surface area (Å²) in [5.41, 5.74) is 0. The fourth-order valence-corrected chi connectivity index (χ4v) is 2.17. The first-order valence-corrected chi connectivity index (χ1v) is 6.13. The van der Waals surface area contributed by atoms with Crippen molar-refractivity contribution in [1.29, 1.82) is 0 Å². The minimum atomic E-state index is -0.0500. The van der Waals surface area contributed by atoms with Gasteiger partial charge in [-0.1, -0.05) is 23.8 Å². The summed E-state index contributed by atoms with van der Waals surface area (Å²) in [7, 11) is 0. The minimum Gasteiger partial charge on any atom is -0.465 e. The Hall–Kier alpha value is -1.58. The maximum absolute atomic E-state index is 11.6. The molecule has 0 N–H and O–H groups in total. The van der Waals surface area contributed by atoms with Crippen LogP contribution < -0.4 is 0 Å². The molecule has 0 aliphatic rings. The number of hydrogen-bond donors (Lipinski definition) is 0. The molecular weight excluding hydrogens is 256 g/mol. The van der Waals surface area contributed by atoms with Crippen LogP contribution in [0.25, 0.3) is 6.08 Å². The Balaban J connectivity index is 1.95. The zero-order valence-corrected chi connectivity index (χ0v) is 10.4. The molecule has 4 heteroatoms. The summed E-state index contributed by atoms with van der Waals surface area (Å²) in [6.07, 6.45) is 8.32. The van der Waals surface area contributed by atoms with Crippen LogP contribution in [0.4, 0.5) is 0 Å². The first-order valence-electron chi connectivity index (χ1n) is 4.93. The highest BCUT2D eigenvalue weighted by atomic mass is 35.5. The molecule has 0 unspecified atom stereocenters. The molecule has 2 aromatic rings. The van der Waals surface area contributed by atoms with Crippen LogP contribution in [-0.4, -0.2) is 5.78 Å². The number of hydrogen-bond acceptors (Lipinski definition) is 3. The van der Waals surface area contributed by atoms with E-state index in [2.05, 4.69) is 0 Å². The zero-order chi connectivity index (χ0) is 12.1. The van der Waals surface area contributed by atoms with Gasteiger partial charge in [0, 0.05) is 0 Å². The molecule has 0 aromatic carbocycles. The summed E-state index contributed by atoms with van der Waals surface area (Å²) in [5, 5.41) is 0. The van der Waals surface area contributed by atoms with Gasteiger partial charge in [0.25, 0.3) is 0 Å². The molecule has 0 atom stereocenters. The lowest BCUT2D eigenvalue weighted by Crippen LogP contribution is -1.87. The quantitative estimate of drug-likeness (QED) is 0.464. The SMILES string of the molecule is O=C(/C=C/C=C/c1ccco1)c1ccc(Cl)s1. The topological polar surface area (TPSA) is 30.2 Å². The van der Waals surface area contributed by atoms with E-state index in [0.29, 0.717) is 9.21 Å². The summed E-state index contributed by atoms with van der Waals surface area (Å²) in [4.78, 5) is 12.3. The van der Waals surface area contributed by atoms with Crippen LogP contribution in [0.3, 0.4) is 0 Å². The molecule has 0 radical (unpaired) electrons. The number of carbonyl (C=O) groups excluding carboxylic acids is 1. The maximum atomic E-state index is 11.6. The average Bonchev–Trinajstić information content (AvgIpc) is 2.95. The van der Waals surface area contributed by atoms with Gasteiger partial charge in [0.2, 0.25) is 0 Å². The Morgan fingerprint density at radius 2 is 2.18 bits per heavy atom. The van der Waals surface area contributed by atoms with Gasteiger partial charge in [-0.05, 0) is 36.4 Å². The highest BCUT2D eigenvalue weighted by molar-refractivity contribution is 7.18. The molecule has 0 saturated heterocycles. The number of ketones is 1. The first kappa shape index (κ1) is 11.9. The molecule has 0 spiro atoms. The van der Waals surface area contributed by atoms with Crippen LogP contribution in [0, 0.1) is 0 Å². The van der Waals surface area contributed by atoms with Crippen molar-refractivity contribution in [3.05, 3.63) is 63.7 Å². The minimum absolute atomic E-state index is 0.0500. The van der Waals surface area contributed by atoms with Crippen molar-refractivity contribution in [1.82, 2.24) is 0 Å². The van der Waals surface area contributed by atoms with Crippen molar-refractivity contribution in [3.63, 3.8) is 0 Å². The van der Waals surface area contributed by atoms with Crippen LogP contribution in [0.15, 0.2) is 53.2 Å². The Bertz CT molecular complexity index is 550. The second kappa shape index (κ2) is 5.66. The standard InChI is InChI=1S/C13H9ClO2S/c14-13-8-7-12(17-13)11(15)6-2-1-4-10-5-3-9-16-10/h1-9H/b4-1+,6-2+. The molecule has 0 saturated carbocycles. The summed E-state index contributed by atoms with van der Waals surface area (Å²) >= 11 is 7.02. The molecule has 2 nitrogen and oxygen atoms in total. The van der Waals surface area contributed by atoms with Gasteiger partial charge in [-0.2, -0.15) is 0 Å². The summed E-state index contributed by atoms with van der Waals surface area (Å²) in [6.45, 7) is 0. The zero-order valence-electron chi connectivity index (χ0n) is 8.80. The third-order valence-electron chi connectivity index (χ3n) is 1.98. The van der Waals surface area contributed by atoms with E-state index in [1.165, 1.54) is 17.4 Å². The number of rotatable bonds is 4. The Morgan fingerprint density at radius 1 is 1.29 bits per heavy atom. The summed E-state index contributed by atoms with van der Waals surface area (Å²) in [5.74, 6) is 0.701. The van der Waals surface area contributed by atoms with Crippen molar-refractivity contribution in [2.45, 2.75) is 0 Å². The van der Waals surface area contributed by atoms with Crippen molar-refractivity contribution < 1.29 is 9.21 Å². The molecule has 0 fully saturated rings. The van der Waals surface area contributed by atoms with Crippen molar-refractivity contribution >= 4 is 34.8 Å². The molecule has 2 aromatic heterocycles. The summed E-state index contributed by atoms with van der Waals surface area (Å²) in [6, 6.07) is 7.08. The predicted octanol–water partition coefficient (Wildman–Crippen LogP) is 4.45. The van der Waals surface area contributed by atoms with Crippen LogP contribution in [-0.2, 0) is 0 Å². The molecule has 0 amide bonds. The van der Waals surface area contributed by atoms with E-state index < -0.39 is 0 Å². The Morgan fingerprint density at radius 3 is 2.82 bits per heavy atom. The second-order valence-electron chi connectivity index (χ2n) is 3.20.